The van der Waals surface area contributed by atoms with Crippen LogP contribution in [-0.2, 0) is 14.3 Å². The highest BCUT2D eigenvalue weighted by atomic mass is 16.5. The van der Waals surface area contributed by atoms with Crippen LogP contribution in [0.25, 0.3) is 0 Å². The van der Waals surface area contributed by atoms with Crippen molar-refractivity contribution in [1.29, 1.82) is 0 Å². The van der Waals surface area contributed by atoms with Gasteiger partial charge in [-0.05, 0) is 83.5 Å². The number of amides is 1. The normalized spacial score (nSPS) is 12.7. The molecular formula is C78H149NO5. The SMILES string of the molecule is CCCCCCCC/C=C\CCCCCCCCCCCC(=O)OCCCCCCCCCCCCCCCCC/C=C\C/C=C\CCCCCCCCCCCCCCCCCCCC(=O)NC(CO)C(O)CCCCCCCCCCC. The third-order valence-corrected chi connectivity index (χ3v) is 17.9. The van der Waals surface area contributed by atoms with Crippen LogP contribution >= 0.6 is 0 Å². The maximum Gasteiger partial charge on any atom is 0.305 e. The van der Waals surface area contributed by atoms with Crippen LogP contribution in [0.4, 0.5) is 0 Å². The number of allylic oxidation sites excluding steroid dienone is 6. The van der Waals surface area contributed by atoms with Gasteiger partial charge in [0.15, 0.2) is 0 Å². The van der Waals surface area contributed by atoms with Gasteiger partial charge < -0.3 is 20.3 Å². The van der Waals surface area contributed by atoms with Crippen molar-refractivity contribution in [3.05, 3.63) is 36.5 Å². The molecule has 2 atom stereocenters. The highest BCUT2D eigenvalue weighted by molar-refractivity contribution is 5.76. The van der Waals surface area contributed by atoms with Crippen molar-refractivity contribution >= 4 is 11.9 Å². The average Bonchev–Trinajstić information content (AvgIpc) is 3.51. The molecule has 6 heteroatoms. The van der Waals surface area contributed by atoms with E-state index in [9.17, 15) is 19.8 Å². The van der Waals surface area contributed by atoms with E-state index in [1.807, 2.05) is 0 Å². The number of aliphatic hydroxyl groups is 2. The number of hydrogen-bond acceptors (Lipinski definition) is 5. The molecule has 0 aliphatic heterocycles. The minimum Gasteiger partial charge on any atom is -0.466 e. The minimum absolute atomic E-state index is 0.0204. The first kappa shape index (κ1) is 82.1. The summed E-state index contributed by atoms with van der Waals surface area (Å²) >= 11 is 0. The smallest absolute Gasteiger partial charge is 0.305 e. The predicted molar refractivity (Wildman–Crippen MR) is 370 cm³/mol. The summed E-state index contributed by atoms with van der Waals surface area (Å²) in [7, 11) is 0. The van der Waals surface area contributed by atoms with Gasteiger partial charge in [-0.2, -0.15) is 0 Å². The van der Waals surface area contributed by atoms with Crippen LogP contribution in [0.3, 0.4) is 0 Å². The zero-order chi connectivity index (χ0) is 60.6. The monoisotopic (exact) mass is 1180 g/mol. The molecule has 0 bridgehead atoms. The molecule has 1 amide bonds. The van der Waals surface area contributed by atoms with E-state index in [0.717, 1.165) is 44.9 Å². The Balaban J connectivity index is 3.31. The van der Waals surface area contributed by atoms with Crippen molar-refractivity contribution in [3.8, 4) is 0 Å². The van der Waals surface area contributed by atoms with Crippen LogP contribution < -0.4 is 5.32 Å². The Labute approximate surface area is 525 Å². The van der Waals surface area contributed by atoms with Gasteiger partial charge in [0.25, 0.3) is 0 Å². The van der Waals surface area contributed by atoms with Crippen LogP contribution in [0.1, 0.15) is 425 Å². The fourth-order valence-corrected chi connectivity index (χ4v) is 12.1. The second-order valence-electron chi connectivity index (χ2n) is 26.3. The summed E-state index contributed by atoms with van der Waals surface area (Å²) in [6.07, 6.45) is 95.4. The summed E-state index contributed by atoms with van der Waals surface area (Å²) < 4.78 is 5.52. The Bertz CT molecular complexity index is 1360. The second kappa shape index (κ2) is 73.5. The standard InChI is InChI=1S/C78H149NO5/c1-3-5-7-9-11-13-14-15-16-17-39-43-46-49-52-56-60-64-68-72-78(83)84-73-69-65-61-57-53-50-47-44-41-38-36-34-32-30-28-26-24-22-20-18-19-21-23-25-27-29-31-33-35-37-40-42-45-48-51-55-59-63-67-71-77(82)79-75(74-80)76(81)70-66-62-58-54-12-10-8-6-4-2/h15-16,18-19,22,24,75-76,80-81H,3-14,17,20-21,23,25-74H2,1-2H3,(H,79,82)/b16-15-,19-18-,24-22-. The quantitative estimate of drug-likeness (QED) is 0.0320. The summed E-state index contributed by atoms with van der Waals surface area (Å²) in [5, 5.41) is 23.2. The van der Waals surface area contributed by atoms with Gasteiger partial charge in [-0.3, -0.25) is 9.59 Å². The molecule has 0 aromatic carbocycles. The van der Waals surface area contributed by atoms with E-state index in [-0.39, 0.29) is 18.5 Å². The second-order valence-corrected chi connectivity index (χ2v) is 26.3. The van der Waals surface area contributed by atoms with E-state index in [1.54, 1.807) is 0 Å². The number of ether oxygens (including phenoxy) is 1. The average molecular weight is 1180 g/mol. The molecule has 0 fully saturated rings. The number of rotatable bonds is 72. The Hall–Kier alpha value is -1.92. The third kappa shape index (κ3) is 69.2. The zero-order valence-electron chi connectivity index (χ0n) is 56.9. The number of esters is 1. The van der Waals surface area contributed by atoms with Crippen LogP contribution in [0, 0.1) is 0 Å². The van der Waals surface area contributed by atoms with Gasteiger partial charge in [0.1, 0.15) is 0 Å². The molecule has 3 N–H and O–H groups in total. The van der Waals surface area contributed by atoms with Gasteiger partial charge in [-0.15, -0.1) is 0 Å². The maximum absolute atomic E-state index is 12.4. The first-order valence-electron chi connectivity index (χ1n) is 38.2. The molecular weight excluding hydrogens is 1030 g/mol. The van der Waals surface area contributed by atoms with E-state index < -0.39 is 12.1 Å². The highest BCUT2D eigenvalue weighted by Crippen LogP contribution is 2.19. The molecule has 0 aliphatic rings. The molecule has 0 heterocycles. The molecule has 2 unspecified atom stereocenters. The summed E-state index contributed by atoms with van der Waals surface area (Å²) in [6.45, 7) is 4.96. The van der Waals surface area contributed by atoms with Crippen molar-refractivity contribution < 1.29 is 24.5 Å². The summed E-state index contributed by atoms with van der Waals surface area (Å²) in [6, 6.07) is -0.537. The Morgan fingerprint density at radius 3 is 0.917 bits per heavy atom. The van der Waals surface area contributed by atoms with Gasteiger partial charge in [0.05, 0.1) is 25.4 Å². The molecule has 0 saturated heterocycles. The lowest BCUT2D eigenvalue weighted by Crippen LogP contribution is -2.45. The summed E-state index contributed by atoms with van der Waals surface area (Å²) in [5.74, 6) is -0.0122. The lowest BCUT2D eigenvalue weighted by molar-refractivity contribution is -0.143. The minimum atomic E-state index is -0.660. The molecule has 84 heavy (non-hydrogen) atoms. The van der Waals surface area contributed by atoms with E-state index in [1.165, 1.54) is 347 Å². The van der Waals surface area contributed by atoms with Crippen molar-refractivity contribution in [2.75, 3.05) is 13.2 Å². The fourth-order valence-electron chi connectivity index (χ4n) is 12.1. The van der Waals surface area contributed by atoms with Gasteiger partial charge in [0, 0.05) is 12.8 Å². The number of aliphatic hydroxyl groups excluding tert-OH is 2. The predicted octanol–water partition coefficient (Wildman–Crippen LogP) is 25.0. The molecule has 0 aromatic rings. The lowest BCUT2D eigenvalue weighted by atomic mass is 10.0. The Morgan fingerprint density at radius 2 is 0.595 bits per heavy atom. The summed E-state index contributed by atoms with van der Waals surface area (Å²) in [5.41, 5.74) is 0. The number of hydrogen-bond donors (Lipinski definition) is 3. The van der Waals surface area contributed by atoms with Crippen molar-refractivity contribution in [2.45, 2.75) is 437 Å². The van der Waals surface area contributed by atoms with E-state index >= 15 is 0 Å². The van der Waals surface area contributed by atoms with Gasteiger partial charge >= 0.3 is 5.97 Å². The van der Waals surface area contributed by atoms with E-state index in [4.69, 9.17) is 4.74 Å². The largest absolute Gasteiger partial charge is 0.466 e. The molecule has 0 rings (SSSR count). The van der Waals surface area contributed by atoms with Crippen molar-refractivity contribution in [1.82, 2.24) is 5.32 Å². The molecule has 0 spiro atoms. The third-order valence-electron chi connectivity index (χ3n) is 17.9. The van der Waals surface area contributed by atoms with E-state index in [2.05, 4.69) is 55.6 Å². The van der Waals surface area contributed by atoms with Gasteiger partial charge in [0.2, 0.25) is 5.91 Å². The Morgan fingerprint density at radius 1 is 0.333 bits per heavy atom. The van der Waals surface area contributed by atoms with Crippen LogP contribution in [0.15, 0.2) is 36.5 Å². The van der Waals surface area contributed by atoms with Crippen LogP contribution in [0.2, 0.25) is 0 Å². The number of nitrogens with one attached hydrogen (secondary N) is 1. The van der Waals surface area contributed by atoms with E-state index in [0.29, 0.717) is 25.9 Å². The van der Waals surface area contributed by atoms with Gasteiger partial charge in [-0.25, -0.2) is 0 Å². The number of carbonyl (C=O) groups is 2. The van der Waals surface area contributed by atoms with Crippen LogP contribution in [0.5, 0.6) is 0 Å². The molecule has 496 valence electrons. The first-order valence-corrected chi connectivity index (χ1v) is 38.2. The molecule has 0 aromatic heterocycles. The fraction of sp³-hybridized carbons (Fsp3) is 0.897. The van der Waals surface area contributed by atoms with Crippen LogP contribution in [-0.4, -0.2) is 47.4 Å². The number of unbranched alkanes of at least 4 members (excludes halogenated alkanes) is 55. The lowest BCUT2D eigenvalue weighted by Gasteiger charge is -2.22. The maximum atomic E-state index is 12.4. The first-order chi connectivity index (χ1) is 41.5. The summed E-state index contributed by atoms with van der Waals surface area (Å²) in [4.78, 5) is 24.6. The Kier molecular flexibility index (Phi) is 71.9. The van der Waals surface area contributed by atoms with Gasteiger partial charge in [-0.1, -0.05) is 365 Å². The molecule has 0 radical (unpaired) electrons. The highest BCUT2D eigenvalue weighted by Gasteiger charge is 2.20. The van der Waals surface area contributed by atoms with Crippen molar-refractivity contribution in [3.63, 3.8) is 0 Å². The van der Waals surface area contributed by atoms with Crippen molar-refractivity contribution in [2.24, 2.45) is 0 Å². The topological polar surface area (TPSA) is 95.9 Å². The molecule has 6 nitrogen and oxygen atoms in total. The molecule has 0 aliphatic carbocycles. The number of carbonyl (C=O) groups excluding carboxylic acids is 2. The zero-order valence-corrected chi connectivity index (χ0v) is 56.9. The molecule has 0 saturated carbocycles.